The van der Waals surface area contributed by atoms with Gasteiger partial charge in [-0.05, 0) is 73.2 Å². The zero-order valence-electron chi connectivity index (χ0n) is 20.6. The van der Waals surface area contributed by atoms with E-state index >= 15 is 4.39 Å². The van der Waals surface area contributed by atoms with E-state index in [-0.39, 0.29) is 40.6 Å². The molecule has 0 atom stereocenters. The largest absolute Gasteiger partial charge is 0.479 e. The summed E-state index contributed by atoms with van der Waals surface area (Å²) in [6.45, 7) is 1.57. The Morgan fingerprint density at radius 1 is 0.838 bits per heavy atom. The molecule has 196 valence electrons. The monoisotopic (exact) mass is 530 g/mol. The number of halogens is 3. The van der Waals surface area contributed by atoms with Crippen LogP contribution >= 0.6 is 0 Å². The predicted octanol–water partition coefficient (Wildman–Crippen LogP) is 6.49. The van der Waals surface area contributed by atoms with Crippen LogP contribution in [-0.2, 0) is 33.1 Å². The third-order valence-electron chi connectivity index (χ3n) is 6.85. The Balaban J connectivity index is 1.47. The van der Waals surface area contributed by atoms with Crippen molar-refractivity contribution in [3.05, 3.63) is 94.8 Å². The molecule has 0 aliphatic heterocycles. The molecular formula is C29H29F3O4S. The Morgan fingerprint density at radius 2 is 1.49 bits per heavy atom. The van der Waals surface area contributed by atoms with Crippen molar-refractivity contribution in [3.8, 4) is 5.75 Å². The number of ketones is 1. The second kappa shape index (κ2) is 11.1. The summed E-state index contributed by atoms with van der Waals surface area (Å²) >= 11 is 0. The van der Waals surface area contributed by atoms with Gasteiger partial charge in [0.2, 0.25) is 0 Å². The maximum absolute atomic E-state index is 15.1. The molecule has 3 aromatic carbocycles. The number of rotatable bonds is 9. The van der Waals surface area contributed by atoms with Crippen LogP contribution in [0.2, 0.25) is 0 Å². The number of Topliss-reactive ketones (excluding diaryl/α,β-unsaturated/α-hetero) is 1. The molecule has 1 aliphatic carbocycles. The molecule has 0 N–H and O–H groups in total. The van der Waals surface area contributed by atoms with Crippen LogP contribution in [-0.4, -0.2) is 20.0 Å². The van der Waals surface area contributed by atoms with Crippen molar-refractivity contribution in [2.45, 2.75) is 62.4 Å². The molecule has 0 spiro atoms. The van der Waals surface area contributed by atoms with Gasteiger partial charge in [-0.1, -0.05) is 31.5 Å². The zero-order chi connectivity index (χ0) is 26.6. The molecule has 1 fully saturated rings. The molecule has 0 saturated heterocycles. The van der Waals surface area contributed by atoms with Crippen LogP contribution in [0, 0.1) is 17.5 Å². The number of sulfone groups is 1. The fourth-order valence-corrected chi connectivity index (χ4v) is 5.74. The Hall–Kier alpha value is -3.13. The molecule has 1 saturated carbocycles. The van der Waals surface area contributed by atoms with E-state index in [4.69, 9.17) is 4.74 Å². The van der Waals surface area contributed by atoms with Crippen LogP contribution in [0.15, 0.2) is 65.6 Å². The summed E-state index contributed by atoms with van der Waals surface area (Å²) in [5.74, 6) is -2.27. The highest BCUT2D eigenvalue weighted by molar-refractivity contribution is 7.91. The van der Waals surface area contributed by atoms with E-state index in [1.54, 1.807) is 25.1 Å². The van der Waals surface area contributed by atoms with Gasteiger partial charge in [-0.2, -0.15) is 0 Å². The lowest BCUT2D eigenvalue weighted by Gasteiger charge is -2.38. The highest BCUT2D eigenvalue weighted by atomic mass is 32.2. The standard InChI is InChI=1S/C29H29F3O4S/c1-2-37(34,35)24-10-6-20(7-11-24)16-23(33)17-21-8-13-28(27(32)18-21)36-29(14-4-3-5-15-29)25-12-9-22(30)19-26(25)31/h6-13,18-19H,2-5,14-17H2,1H3. The quantitative estimate of drug-likeness (QED) is 0.317. The second-order valence-electron chi connectivity index (χ2n) is 9.49. The fourth-order valence-electron chi connectivity index (χ4n) is 4.85. The predicted molar refractivity (Wildman–Crippen MR) is 135 cm³/mol. The molecule has 0 heterocycles. The number of carbonyl (C=O) groups excluding carboxylic acids is 1. The fraction of sp³-hybridized carbons (Fsp3) is 0.345. The normalized spacial score (nSPS) is 15.4. The minimum Gasteiger partial charge on any atom is -0.479 e. The molecule has 0 aromatic heterocycles. The van der Waals surface area contributed by atoms with Crippen molar-refractivity contribution in [1.29, 1.82) is 0 Å². The molecule has 37 heavy (non-hydrogen) atoms. The Labute approximate surface area is 215 Å². The summed E-state index contributed by atoms with van der Waals surface area (Å²) in [7, 11) is -3.31. The molecule has 0 radical (unpaired) electrons. The minimum absolute atomic E-state index is 0.00346. The second-order valence-corrected chi connectivity index (χ2v) is 11.8. The molecule has 0 bridgehead atoms. The first-order chi connectivity index (χ1) is 17.6. The van der Waals surface area contributed by atoms with E-state index in [2.05, 4.69) is 0 Å². The molecule has 4 rings (SSSR count). The molecule has 1 aliphatic rings. The summed E-state index contributed by atoms with van der Waals surface area (Å²) in [5.41, 5.74) is 0.253. The lowest BCUT2D eigenvalue weighted by molar-refractivity contribution is -0.117. The van der Waals surface area contributed by atoms with Gasteiger partial charge in [-0.25, -0.2) is 21.6 Å². The summed E-state index contributed by atoms with van der Waals surface area (Å²) in [4.78, 5) is 12.8. The Bertz CT molecular complexity index is 1380. The van der Waals surface area contributed by atoms with Gasteiger partial charge in [-0.3, -0.25) is 4.79 Å². The van der Waals surface area contributed by atoms with Gasteiger partial charge in [0, 0.05) is 24.5 Å². The van der Waals surface area contributed by atoms with Gasteiger partial charge >= 0.3 is 0 Å². The molecule has 4 nitrogen and oxygen atoms in total. The first-order valence-electron chi connectivity index (χ1n) is 12.4. The van der Waals surface area contributed by atoms with E-state index < -0.39 is 32.9 Å². The SMILES string of the molecule is CCS(=O)(=O)c1ccc(CC(=O)Cc2ccc(OC3(c4ccc(F)cc4F)CCCCC3)c(F)c2)cc1. The number of hydrogen-bond donors (Lipinski definition) is 0. The van der Waals surface area contributed by atoms with Crippen LogP contribution in [0.1, 0.15) is 55.7 Å². The van der Waals surface area contributed by atoms with Gasteiger partial charge in [0.15, 0.2) is 21.4 Å². The first kappa shape index (κ1) is 26.9. The summed E-state index contributed by atoms with van der Waals surface area (Å²) in [6, 6.07) is 13.8. The van der Waals surface area contributed by atoms with Gasteiger partial charge < -0.3 is 4.74 Å². The van der Waals surface area contributed by atoms with Crippen molar-refractivity contribution in [1.82, 2.24) is 0 Å². The van der Waals surface area contributed by atoms with Crippen molar-refractivity contribution in [2.75, 3.05) is 5.75 Å². The summed E-state index contributed by atoms with van der Waals surface area (Å²) in [5, 5.41) is 0. The number of benzene rings is 3. The van der Waals surface area contributed by atoms with Crippen molar-refractivity contribution >= 4 is 15.6 Å². The molecule has 0 amide bonds. The Kier molecular flexibility index (Phi) is 8.07. The van der Waals surface area contributed by atoms with Crippen LogP contribution in [0.3, 0.4) is 0 Å². The van der Waals surface area contributed by atoms with E-state index in [0.29, 0.717) is 24.0 Å². The van der Waals surface area contributed by atoms with Gasteiger partial charge in [-0.15, -0.1) is 0 Å². The maximum Gasteiger partial charge on any atom is 0.178 e. The van der Waals surface area contributed by atoms with Crippen LogP contribution < -0.4 is 4.74 Å². The van der Waals surface area contributed by atoms with E-state index in [1.165, 1.54) is 36.4 Å². The molecule has 3 aromatic rings. The van der Waals surface area contributed by atoms with Crippen molar-refractivity contribution in [3.63, 3.8) is 0 Å². The highest BCUT2D eigenvalue weighted by Gasteiger charge is 2.39. The van der Waals surface area contributed by atoms with Crippen LogP contribution in [0.5, 0.6) is 5.75 Å². The smallest absolute Gasteiger partial charge is 0.178 e. The number of carbonyl (C=O) groups is 1. The number of ether oxygens (including phenoxy) is 1. The van der Waals surface area contributed by atoms with Gasteiger partial charge in [0.05, 0.1) is 10.6 Å². The molecule has 8 heteroatoms. The van der Waals surface area contributed by atoms with E-state index in [0.717, 1.165) is 25.3 Å². The van der Waals surface area contributed by atoms with Gasteiger partial charge in [0.25, 0.3) is 0 Å². The topological polar surface area (TPSA) is 60.4 Å². The zero-order valence-corrected chi connectivity index (χ0v) is 21.4. The average Bonchev–Trinajstić information content (AvgIpc) is 2.86. The Morgan fingerprint density at radius 3 is 2.11 bits per heavy atom. The van der Waals surface area contributed by atoms with Crippen molar-refractivity contribution < 1.29 is 31.1 Å². The lowest BCUT2D eigenvalue weighted by Crippen LogP contribution is -2.36. The lowest BCUT2D eigenvalue weighted by atomic mass is 9.79. The van der Waals surface area contributed by atoms with Crippen molar-refractivity contribution in [2.24, 2.45) is 0 Å². The molecule has 0 unspecified atom stereocenters. The minimum atomic E-state index is -3.31. The highest BCUT2D eigenvalue weighted by Crippen LogP contribution is 2.43. The third-order valence-corrected chi connectivity index (χ3v) is 8.60. The summed E-state index contributed by atoms with van der Waals surface area (Å²) in [6.07, 6.45) is 3.53. The molecular weight excluding hydrogens is 501 g/mol. The first-order valence-corrected chi connectivity index (χ1v) is 14.0. The van der Waals surface area contributed by atoms with Gasteiger partial charge in [0.1, 0.15) is 23.0 Å². The summed E-state index contributed by atoms with van der Waals surface area (Å²) < 4.78 is 73.3. The van der Waals surface area contributed by atoms with Crippen LogP contribution in [0.4, 0.5) is 13.2 Å². The third kappa shape index (κ3) is 6.24. The average molecular weight is 531 g/mol. The van der Waals surface area contributed by atoms with E-state index in [1.807, 2.05) is 0 Å². The maximum atomic E-state index is 15.1. The van der Waals surface area contributed by atoms with Crippen LogP contribution in [0.25, 0.3) is 0 Å². The van der Waals surface area contributed by atoms with E-state index in [9.17, 15) is 22.0 Å². The number of hydrogen-bond acceptors (Lipinski definition) is 4.